The number of carbonyl (C=O) groups excluding carboxylic acids is 2. The molecule has 1 aromatic rings. The summed E-state index contributed by atoms with van der Waals surface area (Å²) in [5, 5.41) is 3.24. The second-order valence-electron chi connectivity index (χ2n) is 4.16. The van der Waals surface area contributed by atoms with Crippen molar-refractivity contribution in [3.8, 4) is 0 Å². The summed E-state index contributed by atoms with van der Waals surface area (Å²) in [4.78, 5) is 23.3. The predicted molar refractivity (Wildman–Crippen MR) is 67.4 cm³/mol. The van der Waals surface area contributed by atoms with Gasteiger partial charge in [-0.1, -0.05) is 23.7 Å². The van der Waals surface area contributed by atoms with Crippen molar-refractivity contribution >= 4 is 23.5 Å². The van der Waals surface area contributed by atoms with Crippen LogP contribution >= 0.6 is 11.6 Å². The number of rotatable bonds is 3. The lowest BCUT2D eigenvalue weighted by atomic mass is 9.92. The van der Waals surface area contributed by atoms with E-state index in [2.05, 4.69) is 5.32 Å². The van der Waals surface area contributed by atoms with Crippen LogP contribution < -0.4 is 5.32 Å². The van der Waals surface area contributed by atoms with E-state index in [0.29, 0.717) is 11.6 Å². The number of benzene rings is 1. The highest BCUT2D eigenvalue weighted by Gasteiger charge is 2.39. The minimum Gasteiger partial charge on any atom is -0.464 e. The first-order valence-corrected chi connectivity index (χ1v) is 6.21. The quantitative estimate of drug-likeness (QED) is 0.851. The molecule has 2 rings (SSSR count). The van der Waals surface area contributed by atoms with Crippen LogP contribution in [-0.2, 0) is 14.3 Å². The van der Waals surface area contributed by atoms with E-state index in [1.165, 1.54) is 0 Å². The maximum atomic E-state index is 11.8. The van der Waals surface area contributed by atoms with E-state index in [-0.39, 0.29) is 18.2 Å². The summed E-state index contributed by atoms with van der Waals surface area (Å²) in [5.41, 5.74) is 0.874. The predicted octanol–water partition coefficient (Wildman–Crippen LogP) is 1.88. The standard InChI is InChI=1S/C13H14ClNO3/c1-2-18-13(17)12-10(7-11(16)15-12)8-4-3-5-9(14)6-8/h3-6,10,12H,2,7H2,1H3,(H,15,16). The first-order valence-electron chi connectivity index (χ1n) is 5.83. The van der Waals surface area contributed by atoms with Gasteiger partial charge in [0.05, 0.1) is 6.61 Å². The Morgan fingerprint density at radius 1 is 1.56 bits per heavy atom. The smallest absolute Gasteiger partial charge is 0.329 e. The van der Waals surface area contributed by atoms with Gasteiger partial charge in [-0.05, 0) is 24.6 Å². The number of amides is 1. The molecule has 0 bridgehead atoms. The van der Waals surface area contributed by atoms with Crippen LogP contribution in [0.2, 0.25) is 5.02 Å². The molecule has 5 heteroatoms. The summed E-state index contributed by atoms with van der Waals surface area (Å²) < 4.78 is 4.97. The van der Waals surface area contributed by atoms with Crippen LogP contribution in [0.3, 0.4) is 0 Å². The highest BCUT2D eigenvalue weighted by atomic mass is 35.5. The number of hydrogen-bond acceptors (Lipinski definition) is 3. The van der Waals surface area contributed by atoms with Gasteiger partial charge in [0.2, 0.25) is 5.91 Å². The van der Waals surface area contributed by atoms with Gasteiger partial charge in [-0.3, -0.25) is 4.79 Å². The highest BCUT2D eigenvalue weighted by Crippen LogP contribution is 2.30. The van der Waals surface area contributed by atoms with Gasteiger partial charge in [-0.15, -0.1) is 0 Å². The summed E-state index contributed by atoms with van der Waals surface area (Å²) in [6.07, 6.45) is 0.282. The first-order chi connectivity index (χ1) is 8.61. The SMILES string of the molecule is CCOC(=O)C1NC(=O)CC1c1cccc(Cl)c1. The molecule has 1 saturated heterocycles. The minimum absolute atomic E-state index is 0.141. The normalized spacial score (nSPS) is 22.7. The van der Waals surface area contributed by atoms with Crippen molar-refractivity contribution in [1.82, 2.24) is 5.32 Å². The number of nitrogens with one attached hydrogen (secondary N) is 1. The molecule has 1 fully saturated rings. The van der Waals surface area contributed by atoms with E-state index in [4.69, 9.17) is 16.3 Å². The van der Waals surface area contributed by atoms with Gasteiger partial charge in [0.15, 0.2) is 0 Å². The van der Waals surface area contributed by atoms with Crippen LogP contribution in [0.4, 0.5) is 0 Å². The Bertz CT molecular complexity index is 475. The summed E-state index contributed by atoms with van der Waals surface area (Å²) in [6.45, 7) is 2.04. The van der Waals surface area contributed by atoms with E-state index < -0.39 is 12.0 Å². The fourth-order valence-electron chi connectivity index (χ4n) is 2.15. The Kier molecular flexibility index (Phi) is 3.87. The van der Waals surface area contributed by atoms with Crippen LogP contribution in [0.15, 0.2) is 24.3 Å². The molecule has 0 aromatic heterocycles. The van der Waals surface area contributed by atoms with Crippen molar-refractivity contribution in [3.05, 3.63) is 34.9 Å². The Morgan fingerprint density at radius 2 is 2.33 bits per heavy atom. The maximum absolute atomic E-state index is 11.8. The Balaban J connectivity index is 2.24. The summed E-state index contributed by atoms with van der Waals surface area (Å²) in [5.74, 6) is -0.749. The summed E-state index contributed by atoms with van der Waals surface area (Å²) in [6, 6.07) is 6.59. The average molecular weight is 268 g/mol. The zero-order chi connectivity index (χ0) is 13.1. The molecule has 1 aliphatic heterocycles. The Morgan fingerprint density at radius 3 is 3.00 bits per heavy atom. The summed E-state index contributed by atoms with van der Waals surface area (Å²) in [7, 11) is 0. The van der Waals surface area contributed by atoms with Crippen LogP contribution in [0.25, 0.3) is 0 Å². The minimum atomic E-state index is -0.615. The summed E-state index contributed by atoms with van der Waals surface area (Å²) >= 11 is 5.93. The van der Waals surface area contributed by atoms with Crippen LogP contribution in [0.1, 0.15) is 24.8 Å². The molecule has 0 saturated carbocycles. The molecule has 0 spiro atoms. The molecule has 18 heavy (non-hydrogen) atoms. The third-order valence-corrected chi connectivity index (χ3v) is 3.18. The zero-order valence-corrected chi connectivity index (χ0v) is 10.7. The van der Waals surface area contributed by atoms with E-state index in [1.807, 2.05) is 12.1 Å². The molecular formula is C13H14ClNO3. The molecule has 2 atom stereocenters. The third kappa shape index (κ3) is 2.64. The lowest BCUT2D eigenvalue weighted by Gasteiger charge is -2.17. The fourth-order valence-corrected chi connectivity index (χ4v) is 2.35. The maximum Gasteiger partial charge on any atom is 0.329 e. The Labute approximate surface area is 110 Å². The van der Waals surface area contributed by atoms with Gasteiger partial charge in [0.25, 0.3) is 0 Å². The van der Waals surface area contributed by atoms with E-state index >= 15 is 0 Å². The van der Waals surface area contributed by atoms with Crippen molar-refractivity contribution < 1.29 is 14.3 Å². The van der Waals surface area contributed by atoms with Crippen molar-refractivity contribution in [2.45, 2.75) is 25.3 Å². The van der Waals surface area contributed by atoms with E-state index in [1.54, 1.807) is 19.1 Å². The van der Waals surface area contributed by atoms with Crippen molar-refractivity contribution in [1.29, 1.82) is 0 Å². The molecule has 1 aromatic carbocycles. The van der Waals surface area contributed by atoms with E-state index in [0.717, 1.165) is 5.56 Å². The number of hydrogen-bond donors (Lipinski definition) is 1. The van der Waals surface area contributed by atoms with Crippen molar-refractivity contribution in [2.24, 2.45) is 0 Å². The molecule has 96 valence electrons. The van der Waals surface area contributed by atoms with Gasteiger partial charge >= 0.3 is 5.97 Å². The van der Waals surface area contributed by atoms with Gasteiger partial charge < -0.3 is 10.1 Å². The van der Waals surface area contributed by atoms with Crippen LogP contribution in [0.5, 0.6) is 0 Å². The molecule has 2 unspecified atom stereocenters. The molecule has 0 aliphatic carbocycles. The zero-order valence-electron chi connectivity index (χ0n) is 9.98. The molecule has 1 heterocycles. The lowest BCUT2D eigenvalue weighted by molar-refractivity contribution is -0.146. The van der Waals surface area contributed by atoms with Crippen LogP contribution in [-0.4, -0.2) is 24.5 Å². The van der Waals surface area contributed by atoms with Gasteiger partial charge in [0, 0.05) is 17.4 Å². The van der Waals surface area contributed by atoms with Gasteiger partial charge in [-0.2, -0.15) is 0 Å². The van der Waals surface area contributed by atoms with Crippen LogP contribution in [0, 0.1) is 0 Å². The highest BCUT2D eigenvalue weighted by molar-refractivity contribution is 6.30. The molecule has 1 amide bonds. The average Bonchev–Trinajstić information content (AvgIpc) is 2.72. The largest absolute Gasteiger partial charge is 0.464 e. The Hall–Kier alpha value is -1.55. The van der Waals surface area contributed by atoms with Crippen molar-refractivity contribution in [2.75, 3.05) is 6.61 Å². The molecule has 1 aliphatic rings. The number of esters is 1. The first kappa shape index (κ1) is 12.9. The monoisotopic (exact) mass is 267 g/mol. The van der Waals surface area contributed by atoms with Gasteiger partial charge in [0.1, 0.15) is 6.04 Å². The fraction of sp³-hybridized carbons (Fsp3) is 0.385. The number of carbonyl (C=O) groups is 2. The van der Waals surface area contributed by atoms with Crippen molar-refractivity contribution in [3.63, 3.8) is 0 Å². The molecule has 0 radical (unpaired) electrons. The third-order valence-electron chi connectivity index (χ3n) is 2.94. The molecule has 1 N–H and O–H groups in total. The second-order valence-corrected chi connectivity index (χ2v) is 4.60. The number of ether oxygens (including phenoxy) is 1. The van der Waals surface area contributed by atoms with Gasteiger partial charge in [-0.25, -0.2) is 4.79 Å². The number of halogens is 1. The molecule has 4 nitrogen and oxygen atoms in total. The van der Waals surface area contributed by atoms with E-state index in [9.17, 15) is 9.59 Å². The molecular weight excluding hydrogens is 254 g/mol. The second kappa shape index (κ2) is 5.40. The lowest BCUT2D eigenvalue weighted by Crippen LogP contribution is -2.37. The topological polar surface area (TPSA) is 55.4 Å².